The van der Waals surface area contributed by atoms with E-state index in [9.17, 15) is 13.2 Å². The normalized spacial score (nSPS) is 27.8. The third-order valence-corrected chi connectivity index (χ3v) is 6.10. The summed E-state index contributed by atoms with van der Waals surface area (Å²) in [5.74, 6) is 0.769. The summed E-state index contributed by atoms with van der Waals surface area (Å²) in [6.45, 7) is 2.63. The Morgan fingerprint density at radius 3 is 2.22 bits per heavy atom. The predicted octanol–water partition coefficient (Wildman–Crippen LogP) is 0.895. The SMILES string of the molecule is CN1CCC(N(C)C(=O)C2CCC(CNS(C)(=O)=O)CC2)CC1. The first-order valence-electron chi connectivity index (χ1n) is 8.66. The molecular weight excluding hydrogens is 314 g/mol. The maximum absolute atomic E-state index is 12.7. The van der Waals surface area contributed by atoms with Gasteiger partial charge in [-0.25, -0.2) is 13.1 Å². The van der Waals surface area contributed by atoms with Gasteiger partial charge in [0.1, 0.15) is 0 Å². The summed E-state index contributed by atoms with van der Waals surface area (Å²) in [6.07, 6.45) is 6.94. The molecule has 1 saturated heterocycles. The molecular formula is C16H31N3O3S. The minimum absolute atomic E-state index is 0.120. The van der Waals surface area contributed by atoms with E-state index >= 15 is 0 Å². The van der Waals surface area contributed by atoms with Gasteiger partial charge in [0, 0.05) is 25.6 Å². The van der Waals surface area contributed by atoms with Crippen LogP contribution >= 0.6 is 0 Å². The summed E-state index contributed by atoms with van der Waals surface area (Å²) in [4.78, 5) is 17.0. The maximum Gasteiger partial charge on any atom is 0.225 e. The number of nitrogens with one attached hydrogen (secondary N) is 1. The summed E-state index contributed by atoms with van der Waals surface area (Å²) in [6, 6.07) is 0.378. The molecule has 1 aliphatic carbocycles. The van der Waals surface area contributed by atoms with Gasteiger partial charge in [-0.05, 0) is 64.6 Å². The minimum Gasteiger partial charge on any atom is -0.342 e. The van der Waals surface area contributed by atoms with Crippen molar-refractivity contribution in [2.45, 2.75) is 44.6 Å². The van der Waals surface area contributed by atoms with E-state index in [4.69, 9.17) is 0 Å². The number of carbonyl (C=O) groups is 1. The number of hydrogen-bond acceptors (Lipinski definition) is 4. The molecule has 6 nitrogen and oxygen atoms in total. The van der Waals surface area contributed by atoms with Crippen LogP contribution in [0.25, 0.3) is 0 Å². The molecule has 0 aromatic rings. The molecule has 1 saturated carbocycles. The Morgan fingerprint density at radius 1 is 1.13 bits per heavy atom. The van der Waals surface area contributed by atoms with Crippen LogP contribution in [0.3, 0.4) is 0 Å². The fourth-order valence-corrected chi connectivity index (χ4v) is 4.27. The van der Waals surface area contributed by atoms with Crippen LogP contribution in [-0.2, 0) is 14.8 Å². The van der Waals surface area contributed by atoms with Crippen LogP contribution in [0.2, 0.25) is 0 Å². The predicted molar refractivity (Wildman–Crippen MR) is 91.6 cm³/mol. The standard InChI is InChI=1S/C16H31N3O3S/c1-18-10-8-15(9-11-18)19(2)16(20)14-6-4-13(5-7-14)12-17-23(3,21)22/h13-15,17H,4-12H2,1-3H3. The highest BCUT2D eigenvalue weighted by Crippen LogP contribution is 2.30. The summed E-state index contributed by atoms with van der Waals surface area (Å²) in [5.41, 5.74) is 0. The van der Waals surface area contributed by atoms with Gasteiger partial charge in [0.25, 0.3) is 0 Å². The lowest BCUT2D eigenvalue weighted by atomic mass is 9.81. The van der Waals surface area contributed by atoms with Gasteiger partial charge in [-0.15, -0.1) is 0 Å². The zero-order valence-electron chi connectivity index (χ0n) is 14.6. The Balaban J connectivity index is 1.76. The molecule has 2 fully saturated rings. The fraction of sp³-hybridized carbons (Fsp3) is 0.938. The summed E-state index contributed by atoms with van der Waals surface area (Å²) in [7, 11) is 0.968. The highest BCUT2D eigenvalue weighted by molar-refractivity contribution is 7.88. The largest absolute Gasteiger partial charge is 0.342 e. The number of likely N-dealkylation sites (tertiary alicyclic amines) is 1. The number of rotatable bonds is 5. The van der Waals surface area contributed by atoms with Crippen LogP contribution in [0.4, 0.5) is 0 Å². The molecule has 0 aromatic carbocycles. The Kier molecular flexibility index (Phi) is 6.45. The number of hydrogen-bond donors (Lipinski definition) is 1. The second-order valence-corrected chi connectivity index (χ2v) is 9.15. The monoisotopic (exact) mass is 345 g/mol. The average Bonchev–Trinajstić information content (AvgIpc) is 2.52. The van der Waals surface area contributed by atoms with E-state index in [1.807, 2.05) is 11.9 Å². The van der Waals surface area contributed by atoms with Crippen molar-refractivity contribution in [3.63, 3.8) is 0 Å². The van der Waals surface area contributed by atoms with Crippen molar-refractivity contribution in [2.75, 3.05) is 40.0 Å². The first kappa shape index (κ1) is 18.7. The third kappa shape index (κ3) is 5.72. The van der Waals surface area contributed by atoms with E-state index in [0.717, 1.165) is 51.6 Å². The van der Waals surface area contributed by atoms with Crippen molar-refractivity contribution < 1.29 is 13.2 Å². The smallest absolute Gasteiger partial charge is 0.225 e. The van der Waals surface area contributed by atoms with Crippen molar-refractivity contribution in [1.29, 1.82) is 0 Å². The minimum atomic E-state index is -3.11. The average molecular weight is 346 g/mol. The highest BCUT2D eigenvalue weighted by atomic mass is 32.2. The van der Waals surface area contributed by atoms with Crippen LogP contribution in [0.1, 0.15) is 38.5 Å². The Labute approximate surface area is 140 Å². The highest BCUT2D eigenvalue weighted by Gasteiger charge is 2.31. The van der Waals surface area contributed by atoms with E-state index in [-0.39, 0.29) is 11.8 Å². The Morgan fingerprint density at radius 2 is 1.70 bits per heavy atom. The van der Waals surface area contributed by atoms with Crippen LogP contribution in [-0.4, -0.2) is 70.2 Å². The van der Waals surface area contributed by atoms with Crippen LogP contribution in [0.5, 0.6) is 0 Å². The number of sulfonamides is 1. The zero-order chi connectivity index (χ0) is 17.0. The van der Waals surface area contributed by atoms with E-state index in [1.54, 1.807) is 0 Å². The van der Waals surface area contributed by atoms with Crippen molar-refractivity contribution in [2.24, 2.45) is 11.8 Å². The lowest BCUT2D eigenvalue weighted by Crippen LogP contribution is -2.47. The molecule has 1 heterocycles. The molecule has 0 unspecified atom stereocenters. The topological polar surface area (TPSA) is 69.7 Å². The molecule has 0 bridgehead atoms. The molecule has 0 aromatic heterocycles. The van der Waals surface area contributed by atoms with E-state index < -0.39 is 10.0 Å². The molecule has 1 amide bonds. The van der Waals surface area contributed by atoms with E-state index in [2.05, 4.69) is 16.7 Å². The second-order valence-electron chi connectivity index (χ2n) is 7.32. The Bertz CT molecular complexity index is 493. The summed E-state index contributed by atoms with van der Waals surface area (Å²) < 4.78 is 24.9. The molecule has 2 aliphatic rings. The van der Waals surface area contributed by atoms with Gasteiger partial charge >= 0.3 is 0 Å². The van der Waals surface area contributed by atoms with Gasteiger partial charge in [0.05, 0.1) is 6.26 Å². The van der Waals surface area contributed by atoms with Gasteiger partial charge in [0.2, 0.25) is 15.9 Å². The van der Waals surface area contributed by atoms with Gasteiger partial charge in [0.15, 0.2) is 0 Å². The van der Waals surface area contributed by atoms with Crippen molar-refractivity contribution in [3.8, 4) is 0 Å². The third-order valence-electron chi connectivity index (χ3n) is 5.41. The Hall–Kier alpha value is -0.660. The molecule has 134 valence electrons. The van der Waals surface area contributed by atoms with Gasteiger partial charge < -0.3 is 9.80 Å². The van der Waals surface area contributed by atoms with Crippen molar-refractivity contribution in [1.82, 2.24) is 14.5 Å². The molecule has 1 N–H and O–H groups in total. The first-order valence-corrected chi connectivity index (χ1v) is 10.5. The zero-order valence-corrected chi connectivity index (χ0v) is 15.4. The lowest BCUT2D eigenvalue weighted by molar-refractivity contribution is -0.138. The van der Waals surface area contributed by atoms with Crippen LogP contribution in [0.15, 0.2) is 0 Å². The molecule has 0 spiro atoms. The van der Waals surface area contributed by atoms with Crippen molar-refractivity contribution in [3.05, 3.63) is 0 Å². The molecule has 0 atom stereocenters. The summed E-state index contributed by atoms with van der Waals surface area (Å²) >= 11 is 0. The molecule has 2 rings (SSSR count). The van der Waals surface area contributed by atoms with Crippen LogP contribution < -0.4 is 4.72 Å². The molecule has 1 aliphatic heterocycles. The van der Waals surface area contributed by atoms with Gasteiger partial charge in [-0.2, -0.15) is 0 Å². The number of carbonyl (C=O) groups excluding carboxylic acids is 1. The second kappa shape index (κ2) is 7.94. The molecule has 0 radical (unpaired) electrons. The molecule has 23 heavy (non-hydrogen) atoms. The maximum atomic E-state index is 12.7. The van der Waals surface area contributed by atoms with Gasteiger partial charge in [-0.1, -0.05) is 0 Å². The van der Waals surface area contributed by atoms with Crippen LogP contribution in [0, 0.1) is 11.8 Å². The van der Waals surface area contributed by atoms with Gasteiger partial charge in [-0.3, -0.25) is 4.79 Å². The van der Waals surface area contributed by atoms with E-state index in [1.165, 1.54) is 6.26 Å². The first-order chi connectivity index (χ1) is 10.8. The number of piperidine rings is 1. The lowest BCUT2D eigenvalue weighted by Gasteiger charge is -2.38. The van der Waals surface area contributed by atoms with E-state index in [0.29, 0.717) is 18.5 Å². The van der Waals surface area contributed by atoms with Crippen molar-refractivity contribution >= 4 is 15.9 Å². The fourth-order valence-electron chi connectivity index (χ4n) is 3.73. The number of nitrogens with zero attached hydrogens (tertiary/aromatic N) is 2. The summed E-state index contributed by atoms with van der Waals surface area (Å²) in [5, 5.41) is 0. The quantitative estimate of drug-likeness (QED) is 0.804. The number of amides is 1. The molecule has 7 heteroatoms.